The van der Waals surface area contributed by atoms with Crippen molar-refractivity contribution >= 4 is 5.71 Å². The first-order chi connectivity index (χ1) is 13.1. The van der Waals surface area contributed by atoms with E-state index in [2.05, 4.69) is 13.0 Å². The van der Waals surface area contributed by atoms with Crippen molar-refractivity contribution < 1.29 is 10.2 Å². The van der Waals surface area contributed by atoms with Crippen LogP contribution in [0.2, 0.25) is 0 Å². The Hall–Kier alpha value is -3.40. The van der Waals surface area contributed by atoms with Gasteiger partial charge in [-0.05, 0) is 36.4 Å². The van der Waals surface area contributed by atoms with Crippen LogP contribution in [0.3, 0.4) is 0 Å². The molecular formula is C23H20N2O2. The largest absolute Gasteiger partial charge is 0.508 e. The number of benzene rings is 2. The summed E-state index contributed by atoms with van der Waals surface area (Å²) < 4.78 is 0. The number of para-hydroxylation sites is 2. The highest BCUT2D eigenvalue weighted by Gasteiger charge is 2.23. The molecule has 0 fully saturated rings. The lowest BCUT2D eigenvalue weighted by atomic mass is 9.91. The van der Waals surface area contributed by atoms with Crippen molar-refractivity contribution in [2.24, 2.45) is 10.9 Å². The predicted octanol–water partition coefficient (Wildman–Crippen LogP) is 4.90. The Bertz CT molecular complexity index is 1040. The van der Waals surface area contributed by atoms with E-state index in [4.69, 9.17) is 9.98 Å². The molecule has 1 aromatic heterocycles. The number of aromatic nitrogens is 1. The van der Waals surface area contributed by atoms with Crippen molar-refractivity contribution in [3.63, 3.8) is 0 Å². The summed E-state index contributed by atoms with van der Waals surface area (Å²) in [6.45, 7) is 2.08. The number of phenolic OH excluding ortho intramolecular Hbond substituents is 2. The highest BCUT2D eigenvalue weighted by atomic mass is 16.3. The van der Waals surface area contributed by atoms with E-state index in [1.54, 1.807) is 18.2 Å². The number of hydrogen-bond acceptors (Lipinski definition) is 4. The van der Waals surface area contributed by atoms with Crippen molar-refractivity contribution in [2.75, 3.05) is 0 Å². The molecule has 2 unspecified atom stereocenters. The zero-order chi connectivity index (χ0) is 18.8. The number of dihydropyridines is 1. The fourth-order valence-corrected chi connectivity index (χ4v) is 3.32. The second-order valence-corrected chi connectivity index (χ2v) is 6.66. The number of allylic oxidation sites excluding steroid dienone is 1. The first-order valence-electron chi connectivity index (χ1n) is 8.93. The third kappa shape index (κ3) is 3.34. The standard InChI is InChI=1S/C23H20N2O2/c1-15-13-14-20(25-23(15)17-8-3-5-12-22(17)27)19-10-6-9-18(24-19)16-7-2-4-11-21(16)26/h2-15,23,26-27H,1H3. The van der Waals surface area contributed by atoms with Crippen LogP contribution < -0.4 is 0 Å². The first-order valence-corrected chi connectivity index (χ1v) is 8.93. The molecule has 4 heteroatoms. The summed E-state index contributed by atoms with van der Waals surface area (Å²) >= 11 is 0. The van der Waals surface area contributed by atoms with Gasteiger partial charge in [0.1, 0.15) is 11.5 Å². The first kappa shape index (κ1) is 17.0. The molecule has 0 saturated carbocycles. The highest BCUT2D eigenvalue weighted by Crippen LogP contribution is 2.36. The second kappa shape index (κ2) is 7.08. The molecule has 0 bridgehead atoms. The van der Waals surface area contributed by atoms with Crippen LogP contribution in [0.25, 0.3) is 11.3 Å². The third-order valence-corrected chi connectivity index (χ3v) is 4.78. The molecule has 0 spiro atoms. The Morgan fingerprint density at radius 1 is 0.778 bits per heavy atom. The Labute approximate surface area is 158 Å². The minimum Gasteiger partial charge on any atom is -0.508 e. The van der Waals surface area contributed by atoms with Gasteiger partial charge in [-0.2, -0.15) is 0 Å². The molecule has 4 nitrogen and oxygen atoms in total. The summed E-state index contributed by atoms with van der Waals surface area (Å²) in [6, 6.07) is 20.0. The van der Waals surface area contributed by atoms with E-state index < -0.39 is 0 Å². The maximum Gasteiger partial charge on any atom is 0.124 e. The molecule has 2 heterocycles. The summed E-state index contributed by atoms with van der Waals surface area (Å²) in [5, 5.41) is 20.3. The summed E-state index contributed by atoms with van der Waals surface area (Å²) in [7, 11) is 0. The van der Waals surface area contributed by atoms with Crippen LogP contribution >= 0.6 is 0 Å². The van der Waals surface area contributed by atoms with E-state index in [-0.39, 0.29) is 23.5 Å². The Balaban J connectivity index is 1.74. The molecule has 1 aliphatic heterocycles. The van der Waals surface area contributed by atoms with Crippen molar-refractivity contribution in [1.82, 2.24) is 4.98 Å². The number of nitrogens with zero attached hydrogens (tertiary/aromatic N) is 2. The lowest BCUT2D eigenvalue weighted by Gasteiger charge is -2.23. The monoisotopic (exact) mass is 356 g/mol. The number of rotatable bonds is 3. The summed E-state index contributed by atoms with van der Waals surface area (Å²) in [4.78, 5) is 9.56. The van der Waals surface area contributed by atoms with Gasteiger partial charge in [0.2, 0.25) is 0 Å². The summed E-state index contributed by atoms with van der Waals surface area (Å²) in [5.74, 6) is 0.621. The third-order valence-electron chi connectivity index (χ3n) is 4.78. The summed E-state index contributed by atoms with van der Waals surface area (Å²) in [6.07, 6.45) is 4.06. The Morgan fingerprint density at radius 2 is 1.48 bits per heavy atom. The molecule has 1 aliphatic rings. The quantitative estimate of drug-likeness (QED) is 0.702. The number of aromatic hydroxyl groups is 2. The fourth-order valence-electron chi connectivity index (χ4n) is 3.32. The molecule has 2 aromatic carbocycles. The van der Waals surface area contributed by atoms with E-state index in [9.17, 15) is 10.2 Å². The van der Waals surface area contributed by atoms with E-state index in [1.807, 2.05) is 54.6 Å². The van der Waals surface area contributed by atoms with Crippen LogP contribution in [0.15, 0.2) is 83.9 Å². The average Bonchev–Trinajstić information content (AvgIpc) is 2.69. The van der Waals surface area contributed by atoms with Crippen LogP contribution in [-0.2, 0) is 0 Å². The predicted molar refractivity (Wildman–Crippen MR) is 107 cm³/mol. The molecule has 134 valence electrons. The number of phenols is 2. The zero-order valence-electron chi connectivity index (χ0n) is 14.9. The lowest BCUT2D eigenvalue weighted by molar-refractivity contribution is 0.449. The van der Waals surface area contributed by atoms with Crippen LogP contribution in [0.5, 0.6) is 11.5 Å². The van der Waals surface area contributed by atoms with Crippen molar-refractivity contribution in [3.05, 3.63) is 90.1 Å². The topological polar surface area (TPSA) is 65.7 Å². The Kier molecular flexibility index (Phi) is 4.47. The average molecular weight is 356 g/mol. The minimum absolute atomic E-state index is 0.165. The maximum absolute atomic E-state index is 10.2. The van der Waals surface area contributed by atoms with Crippen LogP contribution in [-0.4, -0.2) is 20.9 Å². The SMILES string of the molecule is CC1C=CC(c2cccc(-c3ccccc3O)n2)=NC1c1ccccc1O. The van der Waals surface area contributed by atoms with Crippen LogP contribution in [0.4, 0.5) is 0 Å². The van der Waals surface area contributed by atoms with Gasteiger partial charge in [0.15, 0.2) is 0 Å². The smallest absolute Gasteiger partial charge is 0.124 e. The number of hydrogen-bond donors (Lipinski definition) is 2. The van der Waals surface area contributed by atoms with E-state index in [0.717, 1.165) is 17.0 Å². The fraction of sp³-hybridized carbons (Fsp3) is 0.130. The molecule has 0 saturated heterocycles. The van der Waals surface area contributed by atoms with Gasteiger partial charge >= 0.3 is 0 Å². The molecule has 3 aromatic rings. The van der Waals surface area contributed by atoms with Gasteiger partial charge in [-0.25, -0.2) is 4.98 Å². The second-order valence-electron chi connectivity index (χ2n) is 6.66. The van der Waals surface area contributed by atoms with Crippen LogP contribution in [0.1, 0.15) is 24.2 Å². The van der Waals surface area contributed by atoms with Gasteiger partial charge in [-0.3, -0.25) is 4.99 Å². The molecule has 27 heavy (non-hydrogen) atoms. The maximum atomic E-state index is 10.2. The molecule has 0 aliphatic carbocycles. The van der Waals surface area contributed by atoms with Crippen molar-refractivity contribution in [1.29, 1.82) is 0 Å². The van der Waals surface area contributed by atoms with E-state index >= 15 is 0 Å². The van der Waals surface area contributed by atoms with Gasteiger partial charge in [0.05, 0.1) is 23.1 Å². The number of aliphatic imine (C=N–C) groups is 1. The normalized spacial score (nSPS) is 18.9. The van der Waals surface area contributed by atoms with Crippen LogP contribution in [0, 0.1) is 5.92 Å². The van der Waals surface area contributed by atoms with Crippen molar-refractivity contribution in [3.8, 4) is 22.8 Å². The van der Waals surface area contributed by atoms with Gasteiger partial charge in [0, 0.05) is 17.0 Å². The number of pyridine rings is 1. The molecule has 4 rings (SSSR count). The lowest BCUT2D eigenvalue weighted by Crippen LogP contribution is -2.15. The minimum atomic E-state index is -0.165. The van der Waals surface area contributed by atoms with E-state index in [1.165, 1.54) is 0 Å². The van der Waals surface area contributed by atoms with Gasteiger partial charge in [-0.15, -0.1) is 0 Å². The molecule has 0 amide bonds. The zero-order valence-corrected chi connectivity index (χ0v) is 14.9. The van der Waals surface area contributed by atoms with Gasteiger partial charge in [0.25, 0.3) is 0 Å². The van der Waals surface area contributed by atoms with E-state index in [0.29, 0.717) is 11.3 Å². The molecule has 0 radical (unpaired) electrons. The molecule has 2 N–H and O–H groups in total. The van der Waals surface area contributed by atoms with Gasteiger partial charge in [-0.1, -0.05) is 49.4 Å². The molecule has 2 atom stereocenters. The molecular weight excluding hydrogens is 336 g/mol. The van der Waals surface area contributed by atoms with Crippen molar-refractivity contribution in [2.45, 2.75) is 13.0 Å². The van der Waals surface area contributed by atoms with Gasteiger partial charge < -0.3 is 10.2 Å². The highest BCUT2D eigenvalue weighted by molar-refractivity contribution is 6.08. The summed E-state index contributed by atoms with van der Waals surface area (Å²) in [5.41, 5.74) is 3.69. The Morgan fingerprint density at radius 3 is 2.26 bits per heavy atom.